The minimum Gasteiger partial charge on any atom is -0.337 e. The first-order valence-corrected chi connectivity index (χ1v) is 8.66. The minimum absolute atomic E-state index is 0.0751. The van der Waals surface area contributed by atoms with Gasteiger partial charge in [-0.15, -0.1) is 0 Å². The normalized spacial score (nSPS) is 17.7. The molecule has 1 aromatic carbocycles. The van der Waals surface area contributed by atoms with Crippen LogP contribution in [0.2, 0.25) is 0 Å². The molecule has 1 atom stereocenters. The molecule has 0 spiro atoms. The molecule has 7 heteroatoms. The Morgan fingerprint density at radius 2 is 2.23 bits per heavy atom. The average Bonchev–Trinajstić information content (AvgIpc) is 3.19. The number of rotatable bonds is 4. The van der Waals surface area contributed by atoms with Gasteiger partial charge in [-0.05, 0) is 31.5 Å². The number of nitrogens with zero attached hydrogens (tertiary/aromatic N) is 6. The van der Waals surface area contributed by atoms with Gasteiger partial charge in [0.05, 0.1) is 23.4 Å². The van der Waals surface area contributed by atoms with Gasteiger partial charge in [-0.3, -0.25) is 14.9 Å². The third-order valence-corrected chi connectivity index (χ3v) is 4.57. The highest BCUT2D eigenvalue weighted by molar-refractivity contribution is 5.57. The van der Waals surface area contributed by atoms with E-state index in [1.165, 1.54) is 0 Å². The number of hydrogen-bond donors (Lipinski definition) is 0. The molecule has 1 aliphatic heterocycles. The van der Waals surface area contributed by atoms with E-state index in [4.69, 9.17) is 9.78 Å². The zero-order valence-corrected chi connectivity index (χ0v) is 14.2. The summed E-state index contributed by atoms with van der Waals surface area (Å²) in [5, 5.41) is 13.2. The number of aromatic nitrogens is 4. The Morgan fingerprint density at radius 1 is 1.27 bits per heavy atom. The highest BCUT2D eigenvalue weighted by Gasteiger charge is 2.29. The van der Waals surface area contributed by atoms with Crippen molar-refractivity contribution in [3.63, 3.8) is 0 Å². The van der Waals surface area contributed by atoms with Crippen molar-refractivity contribution in [2.75, 3.05) is 6.54 Å². The Kier molecular flexibility index (Phi) is 4.67. The van der Waals surface area contributed by atoms with Crippen molar-refractivity contribution in [2.45, 2.75) is 31.8 Å². The van der Waals surface area contributed by atoms with Crippen LogP contribution in [0, 0.1) is 11.3 Å². The van der Waals surface area contributed by atoms with Gasteiger partial charge in [-0.25, -0.2) is 0 Å². The second kappa shape index (κ2) is 7.42. The lowest BCUT2D eigenvalue weighted by Crippen LogP contribution is -2.33. The van der Waals surface area contributed by atoms with Crippen molar-refractivity contribution in [2.24, 2.45) is 0 Å². The summed E-state index contributed by atoms with van der Waals surface area (Å²) in [6.07, 6.45) is 8.42. The summed E-state index contributed by atoms with van der Waals surface area (Å²) in [7, 11) is 0. The van der Waals surface area contributed by atoms with Crippen molar-refractivity contribution in [1.82, 2.24) is 25.0 Å². The summed E-state index contributed by atoms with van der Waals surface area (Å²) in [5.41, 5.74) is 2.30. The molecule has 3 aromatic rings. The maximum Gasteiger partial charge on any atom is 0.244 e. The Morgan fingerprint density at radius 3 is 3.08 bits per heavy atom. The van der Waals surface area contributed by atoms with Crippen LogP contribution < -0.4 is 0 Å². The number of benzene rings is 1. The van der Waals surface area contributed by atoms with Crippen molar-refractivity contribution in [1.29, 1.82) is 5.26 Å². The quantitative estimate of drug-likeness (QED) is 0.716. The van der Waals surface area contributed by atoms with E-state index in [2.05, 4.69) is 31.1 Å². The smallest absolute Gasteiger partial charge is 0.244 e. The molecule has 0 N–H and O–H groups in total. The first kappa shape index (κ1) is 16.4. The predicted molar refractivity (Wildman–Crippen MR) is 93.5 cm³/mol. The number of piperidine rings is 1. The largest absolute Gasteiger partial charge is 0.337 e. The van der Waals surface area contributed by atoms with E-state index in [9.17, 15) is 0 Å². The van der Waals surface area contributed by atoms with E-state index in [1.807, 2.05) is 12.1 Å². The molecule has 1 unspecified atom stereocenters. The van der Waals surface area contributed by atoms with E-state index < -0.39 is 0 Å². The zero-order chi connectivity index (χ0) is 17.8. The van der Waals surface area contributed by atoms with Gasteiger partial charge in [-0.1, -0.05) is 23.7 Å². The topological polar surface area (TPSA) is 91.7 Å². The fraction of sp³-hybridized carbons (Fsp3) is 0.316. The molecule has 1 saturated heterocycles. The Labute approximate surface area is 151 Å². The maximum absolute atomic E-state index is 9.06. The molecule has 1 fully saturated rings. The van der Waals surface area contributed by atoms with Gasteiger partial charge in [0.1, 0.15) is 0 Å². The van der Waals surface area contributed by atoms with Crippen molar-refractivity contribution < 1.29 is 4.52 Å². The minimum atomic E-state index is 0.0751. The maximum atomic E-state index is 9.06. The van der Waals surface area contributed by atoms with Crippen LogP contribution in [-0.4, -0.2) is 31.6 Å². The molecule has 0 saturated carbocycles. The second-order valence-corrected chi connectivity index (χ2v) is 6.33. The number of hydrogen-bond acceptors (Lipinski definition) is 7. The van der Waals surface area contributed by atoms with Gasteiger partial charge in [0.25, 0.3) is 0 Å². The lowest BCUT2D eigenvalue weighted by molar-refractivity contribution is 0.110. The summed E-state index contributed by atoms with van der Waals surface area (Å²) in [4.78, 5) is 15.4. The molecule has 0 bridgehead atoms. The Hall–Kier alpha value is -3.11. The summed E-state index contributed by atoms with van der Waals surface area (Å²) in [6, 6.07) is 9.45. The first-order valence-electron chi connectivity index (χ1n) is 8.66. The van der Waals surface area contributed by atoms with Gasteiger partial charge in [0.15, 0.2) is 0 Å². The van der Waals surface area contributed by atoms with Gasteiger partial charge in [0.2, 0.25) is 11.7 Å². The standard InChI is InChI=1S/C19H18N6O/c20-11-14-4-3-5-15(10-14)18-23-19(26-24-18)17-6-1-2-9-25(17)13-16-12-21-7-8-22-16/h3-5,7-8,10,12,17H,1-2,6,9,13H2. The summed E-state index contributed by atoms with van der Waals surface area (Å²) in [6.45, 7) is 1.67. The third kappa shape index (κ3) is 3.46. The highest BCUT2D eigenvalue weighted by Crippen LogP contribution is 2.32. The summed E-state index contributed by atoms with van der Waals surface area (Å²) < 4.78 is 5.58. The predicted octanol–water partition coefficient (Wildman–Crippen LogP) is 3.13. The second-order valence-electron chi connectivity index (χ2n) is 6.33. The van der Waals surface area contributed by atoms with E-state index in [0.29, 0.717) is 23.8 Å². The van der Waals surface area contributed by atoms with Crippen LogP contribution in [0.5, 0.6) is 0 Å². The van der Waals surface area contributed by atoms with Crippen LogP contribution in [0.4, 0.5) is 0 Å². The van der Waals surface area contributed by atoms with E-state index >= 15 is 0 Å². The molecule has 0 radical (unpaired) electrons. The Balaban J connectivity index is 1.57. The van der Waals surface area contributed by atoms with Gasteiger partial charge in [0, 0.05) is 30.7 Å². The third-order valence-electron chi connectivity index (χ3n) is 4.57. The van der Waals surface area contributed by atoms with Crippen LogP contribution in [0.15, 0.2) is 47.4 Å². The molecule has 0 aliphatic carbocycles. The molecule has 26 heavy (non-hydrogen) atoms. The van der Waals surface area contributed by atoms with Crippen molar-refractivity contribution >= 4 is 0 Å². The van der Waals surface area contributed by atoms with Crippen LogP contribution in [0.3, 0.4) is 0 Å². The zero-order valence-electron chi connectivity index (χ0n) is 14.2. The lowest BCUT2D eigenvalue weighted by atomic mass is 10.0. The highest BCUT2D eigenvalue weighted by atomic mass is 16.5. The molecule has 0 amide bonds. The number of nitriles is 1. The molecule has 7 nitrogen and oxygen atoms in total. The van der Waals surface area contributed by atoms with Gasteiger partial charge < -0.3 is 4.52 Å². The van der Waals surface area contributed by atoms with Gasteiger partial charge in [-0.2, -0.15) is 10.2 Å². The molecule has 130 valence electrons. The molecule has 3 heterocycles. The summed E-state index contributed by atoms with van der Waals surface area (Å²) in [5.74, 6) is 1.13. The fourth-order valence-electron chi connectivity index (χ4n) is 3.30. The molecular formula is C19H18N6O. The van der Waals surface area contributed by atoms with E-state index in [0.717, 1.165) is 37.1 Å². The SMILES string of the molecule is N#Cc1cccc(-c2noc(C3CCCCN3Cc3cnccn3)n2)c1. The summed E-state index contributed by atoms with van der Waals surface area (Å²) >= 11 is 0. The van der Waals surface area contributed by atoms with Crippen LogP contribution in [-0.2, 0) is 6.54 Å². The Bertz CT molecular complexity index is 917. The van der Waals surface area contributed by atoms with Crippen LogP contribution in [0.1, 0.15) is 42.5 Å². The molecule has 4 rings (SSSR count). The van der Waals surface area contributed by atoms with E-state index in [-0.39, 0.29) is 6.04 Å². The molecule has 2 aromatic heterocycles. The van der Waals surface area contributed by atoms with Crippen molar-refractivity contribution in [3.05, 3.63) is 60.0 Å². The monoisotopic (exact) mass is 346 g/mol. The van der Waals surface area contributed by atoms with Gasteiger partial charge >= 0.3 is 0 Å². The molecule has 1 aliphatic rings. The molecular weight excluding hydrogens is 328 g/mol. The van der Waals surface area contributed by atoms with Crippen LogP contribution >= 0.6 is 0 Å². The van der Waals surface area contributed by atoms with E-state index in [1.54, 1.807) is 30.7 Å². The lowest BCUT2D eigenvalue weighted by Gasteiger charge is -2.32. The number of likely N-dealkylation sites (tertiary alicyclic amines) is 1. The average molecular weight is 346 g/mol. The van der Waals surface area contributed by atoms with Crippen LogP contribution in [0.25, 0.3) is 11.4 Å². The first-order chi connectivity index (χ1) is 12.8. The van der Waals surface area contributed by atoms with Crippen molar-refractivity contribution in [3.8, 4) is 17.5 Å². The fourth-order valence-corrected chi connectivity index (χ4v) is 3.30.